The average molecular weight is 506 g/mol. The van der Waals surface area contributed by atoms with Crippen molar-refractivity contribution in [2.75, 3.05) is 4.72 Å². The number of aromatic nitrogens is 2. The van der Waals surface area contributed by atoms with Crippen LogP contribution in [0.1, 0.15) is 31.0 Å². The molecule has 0 saturated carbocycles. The third-order valence-corrected chi connectivity index (χ3v) is 6.07. The van der Waals surface area contributed by atoms with E-state index >= 15 is 0 Å². The number of pyridine rings is 2. The van der Waals surface area contributed by atoms with Crippen LogP contribution in [0, 0.1) is 0 Å². The van der Waals surface area contributed by atoms with E-state index in [1.54, 1.807) is 18.3 Å². The summed E-state index contributed by atoms with van der Waals surface area (Å²) < 4.78 is 73.1. The lowest BCUT2D eigenvalue weighted by molar-refractivity contribution is -0.137. The third kappa shape index (κ3) is 5.43. The summed E-state index contributed by atoms with van der Waals surface area (Å²) in [7, 11) is -4.47. The van der Waals surface area contributed by atoms with Crippen molar-refractivity contribution in [2.24, 2.45) is 0 Å². The molecule has 3 rings (SSSR count). The van der Waals surface area contributed by atoms with Gasteiger partial charge in [0.2, 0.25) is 5.88 Å². The molecule has 0 saturated heterocycles. The predicted octanol–water partition coefficient (Wildman–Crippen LogP) is 6.52. The van der Waals surface area contributed by atoms with Crippen molar-refractivity contribution in [3.63, 3.8) is 0 Å². The lowest BCUT2D eigenvalue weighted by Crippen LogP contribution is -2.16. The number of anilines is 1. The zero-order valence-corrected chi connectivity index (χ0v) is 18.9. The van der Waals surface area contributed by atoms with Gasteiger partial charge in [-0.2, -0.15) is 13.2 Å². The second-order valence-corrected chi connectivity index (χ2v) is 9.42. The summed E-state index contributed by atoms with van der Waals surface area (Å²) in [5.74, 6) is 0.176. The quantitative estimate of drug-likeness (QED) is 0.412. The van der Waals surface area contributed by atoms with Crippen molar-refractivity contribution >= 4 is 38.9 Å². The van der Waals surface area contributed by atoms with Crippen LogP contribution in [0.3, 0.4) is 0 Å². The molecule has 1 aromatic carbocycles. The van der Waals surface area contributed by atoms with Gasteiger partial charge in [0.1, 0.15) is 5.69 Å². The van der Waals surface area contributed by atoms with Crippen molar-refractivity contribution in [3.8, 4) is 11.6 Å². The topological polar surface area (TPSA) is 81.2 Å². The molecule has 12 heteroatoms. The molecule has 1 N–H and O–H groups in total. The number of rotatable bonds is 6. The highest BCUT2D eigenvalue weighted by atomic mass is 35.5. The number of nitrogens with zero attached hydrogens (tertiary/aromatic N) is 2. The lowest BCUT2D eigenvalue weighted by atomic mass is 10.1. The molecule has 0 spiro atoms. The van der Waals surface area contributed by atoms with E-state index in [9.17, 15) is 21.6 Å². The summed E-state index contributed by atoms with van der Waals surface area (Å²) in [6, 6.07) is 6.75. The molecule has 0 aliphatic carbocycles. The number of ether oxygens (including phenoxy) is 1. The fourth-order valence-corrected chi connectivity index (χ4v) is 4.16. The van der Waals surface area contributed by atoms with E-state index in [2.05, 4.69) is 14.7 Å². The normalized spacial score (nSPS) is 12.1. The van der Waals surface area contributed by atoms with E-state index in [1.165, 1.54) is 12.3 Å². The maximum Gasteiger partial charge on any atom is 0.417 e. The molecule has 2 heterocycles. The molecule has 0 fully saturated rings. The van der Waals surface area contributed by atoms with Crippen LogP contribution in [-0.4, -0.2) is 18.4 Å². The molecule has 6 nitrogen and oxygen atoms in total. The van der Waals surface area contributed by atoms with Crippen LogP contribution in [0.15, 0.2) is 53.7 Å². The Morgan fingerprint density at radius 1 is 1.09 bits per heavy atom. The summed E-state index contributed by atoms with van der Waals surface area (Å²) in [6.45, 7) is 3.79. The lowest BCUT2D eigenvalue weighted by Gasteiger charge is -2.16. The molecule has 3 aromatic rings. The van der Waals surface area contributed by atoms with Gasteiger partial charge in [0, 0.05) is 12.4 Å². The first kappa shape index (κ1) is 24.1. The van der Waals surface area contributed by atoms with Gasteiger partial charge in [-0.15, -0.1) is 0 Å². The van der Waals surface area contributed by atoms with Gasteiger partial charge in [-0.3, -0.25) is 9.71 Å². The zero-order valence-electron chi connectivity index (χ0n) is 16.6. The van der Waals surface area contributed by atoms with Crippen LogP contribution in [-0.2, 0) is 16.2 Å². The monoisotopic (exact) mass is 505 g/mol. The van der Waals surface area contributed by atoms with E-state index in [0.717, 1.165) is 12.1 Å². The molecule has 32 heavy (non-hydrogen) atoms. The second kappa shape index (κ2) is 9.13. The van der Waals surface area contributed by atoms with Crippen molar-refractivity contribution < 1.29 is 26.3 Å². The number of hydrogen-bond donors (Lipinski definition) is 1. The van der Waals surface area contributed by atoms with E-state index in [-0.39, 0.29) is 22.5 Å². The molecule has 170 valence electrons. The van der Waals surface area contributed by atoms with Gasteiger partial charge >= 0.3 is 6.18 Å². The van der Waals surface area contributed by atoms with Crippen LogP contribution >= 0.6 is 23.2 Å². The fourth-order valence-electron chi connectivity index (χ4n) is 2.70. The standard InChI is InChI=1S/C20H16Cl2F3N3O3S/c1-11(2)18-17(4-3-7-26-18)31-19-16(8-12(21)10-27-19)28-32(29,30)13-5-6-15(22)14(9-13)20(23,24)25/h3-11,28H,1-2H3. The van der Waals surface area contributed by atoms with Crippen LogP contribution in [0.5, 0.6) is 11.6 Å². The van der Waals surface area contributed by atoms with E-state index in [1.807, 2.05) is 13.8 Å². The zero-order chi connectivity index (χ0) is 23.7. The Kier molecular flexibility index (Phi) is 6.87. The second-order valence-electron chi connectivity index (χ2n) is 6.89. The molecule has 0 aliphatic heterocycles. The van der Waals surface area contributed by atoms with Gasteiger partial charge < -0.3 is 4.74 Å². The molecule has 0 unspecified atom stereocenters. The Balaban J connectivity index is 2.01. The van der Waals surface area contributed by atoms with Crippen LogP contribution in [0.4, 0.5) is 18.9 Å². The van der Waals surface area contributed by atoms with Crippen molar-refractivity contribution in [2.45, 2.75) is 30.8 Å². The molecule has 0 amide bonds. The highest BCUT2D eigenvalue weighted by molar-refractivity contribution is 7.92. The van der Waals surface area contributed by atoms with E-state index in [4.69, 9.17) is 27.9 Å². The number of alkyl halides is 3. The first-order valence-electron chi connectivity index (χ1n) is 9.06. The van der Waals surface area contributed by atoms with Gasteiger partial charge in [-0.1, -0.05) is 37.0 Å². The number of benzene rings is 1. The van der Waals surface area contributed by atoms with E-state index < -0.39 is 31.7 Å². The maximum atomic E-state index is 13.2. The molecular weight excluding hydrogens is 490 g/mol. The van der Waals surface area contributed by atoms with Gasteiger partial charge in [-0.25, -0.2) is 13.4 Å². The average Bonchev–Trinajstić information content (AvgIpc) is 2.69. The number of hydrogen-bond acceptors (Lipinski definition) is 5. The Morgan fingerprint density at radius 3 is 2.47 bits per heavy atom. The maximum absolute atomic E-state index is 13.2. The number of sulfonamides is 1. The van der Waals surface area contributed by atoms with Crippen LogP contribution < -0.4 is 9.46 Å². The molecule has 2 aromatic heterocycles. The minimum absolute atomic E-state index is 0.00602. The summed E-state index contributed by atoms with van der Waals surface area (Å²) >= 11 is 11.5. The summed E-state index contributed by atoms with van der Waals surface area (Å²) in [4.78, 5) is 7.61. The highest BCUT2D eigenvalue weighted by Crippen LogP contribution is 2.37. The number of halogens is 5. The predicted molar refractivity (Wildman–Crippen MR) is 115 cm³/mol. The largest absolute Gasteiger partial charge is 0.435 e. The Morgan fingerprint density at radius 2 is 1.81 bits per heavy atom. The van der Waals surface area contributed by atoms with Crippen molar-refractivity contribution in [1.29, 1.82) is 0 Å². The smallest absolute Gasteiger partial charge is 0.417 e. The summed E-state index contributed by atoms with van der Waals surface area (Å²) in [5, 5.41) is -0.542. The molecule has 0 bridgehead atoms. The van der Waals surface area contributed by atoms with Crippen LogP contribution in [0.25, 0.3) is 0 Å². The number of nitrogens with one attached hydrogen (secondary N) is 1. The van der Waals surface area contributed by atoms with E-state index in [0.29, 0.717) is 17.5 Å². The SMILES string of the molecule is CC(C)c1ncccc1Oc1ncc(Cl)cc1NS(=O)(=O)c1ccc(Cl)c(C(F)(F)F)c1. The van der Waals surface area contributed by atoms with Gasteiger partial charge in [0.25, 0.3) is 10.0 Å². The Hall–Kier alpha value is -2.56. The minimum atomic E-state index is -4.83. The minimum Gasteiger partial charge on any atom is -0.435 e. The Bertz CT molecular complexity index is 1250. The van der Waals surface area contributed by atoms with Gasteiger partial charge in [0.05, 0.1) is 26.2 Å². The first-order chi connectivity index (χ1) is 14.9. The Labute approximate surface area is 192 Å². The van der Waals surface area contributed by atoms with Gasteiger partial charge in [0.15, 0.2) is 5.75 Å². The fraction of sp³-hybridized carbons (Fsp3) is 0.200. The van der Waals surface area contributed by atoms with Crippen molar-refractivity contribution in [1.82, 2.24) is 9.97 Å². The molecule has 0 aliphatic rings. The van der Waals surface area contributed by atoms with Crippen LogP contribution in [0.2, 0.25) is 10.0 Å². The summed E-state index contributed by atoms with van der Waals surface area (Å²) in [5.41, 5.74) is -0.843. The van der Waals surface area contributed by atoms with Gasteiger partial charge in [-0.05, 0) is 42.3 Å². The molecule has 0 atom stereocenters. The highest BCUT2D eigenvalue weighted by Gasteiger charge is 2.34. The first-order valence-corrected chi connectivity index (χ1v) is 11.3. The summed E-state index contributed by atoms with van der Waals surface area (Å²) in [6.07, 6.45) is -2.01. The third-order valence-electron chi connectivity index (χ3n) is 4.17. The van der Waals surface area contributed by atoms with Crippen molar-refractivity contribution in [3.05, 3.63) is 70.1 Å². The molecular formula is C20H16Cl2F3N3O3S. The molecule has 0 radical (unpaired) electrons.